The van der Waals surface area contributed by atoms with Crippen LogP contribution in [-0.2, 0) is 23.7 Å². The van der Waals surface area contributed by atoms with E-state index in [9.17, 15) is 14.4 Å². The van der Waals surface area contributed by atoms with Gasteiger partial charge >= 0.3 is 5.92 Å². The molecule has 5 aromatic rings. The van der Waals surface area contributed by atoms with Crippen molar-refractivity contribution in [3.63, 3.8) is 0 Å². The summed E-state index contributed by atoms with van der Waals surface area (Å²) in [7, 11) is 3.30. The first kappa shape index (κ1) is 42.0. The summed E-state index contributed by atoms with van der Waals surface area (Å²) < 4.78 is 54.9. The molecule has 5 fully saturated rings. The molecule has 19 heteroatoms. The first-order chi connectivity index (χ1) is 31.2. The standard InChI is InChI=1S/C46H51ClF3N11O4/c1-57-32-8-5-27(19-30(32)37-39(43(57)64)65-24-46(49,50)40(54-37)26-3-4-26)52-41-31(47)20-51-44(55-41)61-22-45(23-61)13-11-25(12-14-45)21-59-15-17-60(18-16-59)33-9-6-28-36(56-58(2)38(28)35(33)48)29-7-10-34(62)53-42(29)63/h5-6,8-9,19-20,25-26,29,40,54H,3-4,7,10-18,21-24H2,1-2H3,(H,51,52,55)(H,53,62,63)/t29?,40-/m0/s1. The van der Waals surface area contributed by atoms with Crippen LogP contribution in [0.3, 0.4) is 0 Å². The molecule has 11 rings (SSSR count). The number of rotatable bonds is 8. The number of fused-ring (bicyclic) bond motifs is 4. The summed E-state index contributed by atoms with van der Waals surface area (Å²) in [6, 6.07) is 7.91. The van der Waals surface area contributed by atoms with Crippen LogP contribution < -0.4 is 36.0 Å². The number of hydrogen-bond acceptors (Lipinski definition) is 12. The number of ether oxygens (including phenoxy) is 1. The van der Waals surface area contributed by atoms with E-state index in [1.807, 2.05) is 6.07 Å². The van der Waals surface area contributed by atoms with E-state index in [1.165, 1.54) is 9.25 Å². The number of imide groups is 1. The number of anilines is 5. The van der Waals surface area contributed by atoms with Crippen molar-refractivity contribution in [3.8, 4) is 5.75 Å². The summed E-state index contributed by atoms with van der Waals surface area (Å²) >= 11 is 6.64. The zero-order valence-electron chi connectivity index (χ0n) is 36.3. The van der Waals surface area contributed by atoms with Crippen LogP contribution in [0.4, 0.5) is 42.0 Å². The SMILES string of the molecule is Cn1nc(C2CCC(=O)NC2=O)c2ccc(N3CCN(CC4CCC5(CC4)CN(c4ncc(Cl)c(Nc6ccc7c(c6)c6c(c(=O)n7C)OCC(F)(F)[C@H](C7CC7)N6)n4)C5)CC3)c(F)c21. The van der Waals surface area contributed by atoms with E-state index >= 15 is 13.2 Å². The van der Waals surface area contributed by atoms with Gasteiger partial charge in [-0.2, -0.15) is 10.1 Å². The number of halogens is 4. The summed E-state index contributed by atoms with van der Waals surface area (Å²) in [6.45, 7) is 4.98. The van der Waals surface area contributed by atoms with Crippen LogP contribution in [0, 0.1) is 23.1 Å². The van der Waals surface area contributed by atoms with E-state index in [0.29, 0.717) is 93.9 Å². The molecule has 7 heterocycles. The first-order valence-electron chi connectivity index (χ1n) is 22.7. The van der Waals surface area contributed by atoms with Gasteiger partial charge in [0.15, 0.2) is 18.2 Å². The van der Waals surface area contributed by atoms with Gasteiger partial charge in [-0.1, -0.05) is 11.6 Å². The molecule has 2 atom stereocenters. The summed E-state index contributed by atoms with van der Waals surface area (Å²) in [5, 5.41) is 14.8. The number of aryl methyl sites for hydroxylation is 2. The molecule has 0 radical (unpaired) electrons. The van der Waals surface area contributed by atoms with Crippen molar-refractivity contribution in [2.75, 3.05) is 72.9 Å². The fourth-order valence-electron chi connectivity index (χ4n) is 11.0. The minimum absolute atomic E-state index is 0.110. The smallest absolute Gasteiger partial charge is 0.301 e. The second-order valence-corrected chi connectivity index (χ2v) is 19.6. The zero-order valence-corrected chi connectivity index (χ0v) is 37.1. The Labute approximate surface area is 377 Å². The van der Waals surface area contributed by atoms with Crippen LogP contribution in [-0.4, -0.2) is 105 Å². The lowest BCUT2D eigenvalue weighted by atomic mass is 9.66. The highest BCUT2D eigenvalue weighted by Crippen LogP contribution is 2.48. The quantitative estimate of drug-likeness (QED) is 0.150. The van der Waals surface area contributed by atoms with Crippen molar-refractivity contribution >= 4 is 74.0 Å². The number of amides is 2. The van der Waals surface area contributed by atoms with Gasteiger partial charge in [-0.3, -0.25) is 29.3 Å². The number of aromatic nitrogens is 5. The average Bonchev–Trinajstić information content (AvgIpc) is 4.08. The Morgan fingerprint density at radius 3 is 2.46 bits per heavy atom. The van der Waals surface area contributed by atoms with Gasteiger partial charge in [0.1, 0.15) is 10.5 Å². The average molecular weight is 914 g/mol. The van der Waals surface area contributed by atoms with Gasteiger partial charge in [0.25, 0.3) is 5.56 Å². The number of carbonyl (C=O) groups is 2. The molecule has 1 unspecified atom stereocenters. The molecule has 3 aromatic heterocycles. The van der Waals surface area contributed by atoms with Gasteiger partial charge in [0.2, 0.25) is 23.5 Å². The van der Waals surface area contributed by atoms with Gasteiger partial charge in [0, 0.05) is 88.2 Å². The fourth-order valence-corrected chi connectivity index (χ4v) is 11.2. The second kappa shape index (κ2) is 15.8. The minimum atomic E-state index is -3.13. The van der Waals surface area contributed by atoms with E-state index < -0.39 is 30.0 Å². The van der Waals surface area contributed by atoms with Gasteiger partial charge in [0.05, 0.1) is 40.7 Å². The highest BCUT2D eigenvalue weighted by Gasteiger charge is 2.51. The van der Waals surface area contributed by atoms with Crippen molar-refractivity contribution in [1.82, 2.24) is 34.5 Å². The Kier molecular flexibility index (Phi) is 10.2. The van der Waals surface area contributed by atoms with Crippen LogP contribution >= 0.6 is 11.6 Å². The number of hydrogen-bond donors (Lipinski definition) is 3. The predicted octanol–water partition coefficient (Wildman–Crippen LogP) is 6.31. The largest absolute Gasteiger partial charge is 0.480 e. The maximum absolute atomic E-state index is 16.1. The molecule has 2 aromatic carbocycles. The third-order valence-corrected chi connectivity index (χ3v) is 15.1. The zero-order chi connectivity index (χ0) is 44.9. The normalized spacial score (nSPS) is 23.5. The second-order valence-electron chi connectivity index (χ2n) is 19.2. The third kappa shape index (κ3) is 7.49. The monoisotopic (exact) mass is 913 g/mol. The Morgan fingerprint density at radius 1 is 0.954 bits per heavy atom. The number of carbonyl (C=O) groups excluding carboxylic acids is 2. The van der Waals surface area contributed by atoms with Crippen LogP contribution in [0.2, 0.25) is 5.02 Å². The summed E-state index contributed by atoms with van der Waals surface area (Å²) in [5.41, 5.74) is 2.62. The number of piperazine rings is 1. The molecular weight excluding hydrogens is 863 g/mol. The Bertz CT molecular complexity index is 2810. The van der Waals surface area contributed by atoms with Crippen molar-refractivity contribution in [1.29, 1.82) is 0 Å². The highest BCUT2D eigenvalue weighted by atomic mass is 35.5. The number of pyridine rings is 1. The lowest BCUT2D eigenvalue weighted by Gasteiger charge is -2.54. The molecule has 6 aliphatic rings. The van der Waals surface area contributed by atoms with Crippen molar-refractivity contribution in [2.45, 2.75) is 69.2 Å². The Morgan fingerprint density at radius 2 is 1.72 bits per heavy atom. The number of nitrogens with one attached hydrogen (secondary N) is 3. The minimum Gasteiger partial charge on any atom is -0.480 e. The molecular formula is C46H51ClF3N11O4. The van der Waals surface area contributed by atoms with Crippen LogP contribution in [0.1, 0.15) is 63.0 Å². The molecule has 2 saturated carbocycles. The molecule has 1 spiro atoms. The van der Waals surface area contributed by atoms with Crippen molar-refractivity contribution in [2.24, 2.45) is 31.3 Å². The van der Waals surface area contributed by atoms with Gasteiger partial charge in [-0.05, 0) is 87.1 Å². The topological polar surface area (TPSA) is 155 Å². The summed E-state index contributed by atoms with van der Waals surface area (Å²) in [6.07, 6.45) is 8.11. The molecule has 15 nitrogen and oxygen atoms in total. The maximum atomic E-state index is 16.1. The molecule has 342 valence electrons. The molecule has 2 aliphatic carbocycles. The van der Waals surface area contributed by atoms with E-state index in [-0.39, 0.29) is 46.8 Å². The van der Waals surface area contributed by atoms with Gasteiger partial charge < -0.3 is 29.7 Å². The Hall–Kier alpha value is -5.62. The highest BCUT2D eigenvalue weighted by molar-refractivity contribution is 6.33. The number of benzene rings is 2. The van der Waals surface area contributed by atoms with E-state index in [2.05, 4.69) is 40.7 Å². The van der Waals surface area contributed by atoms with Gasteiger partial charge in [-0.15, -0.1) is 0 Å². The predicted molar refractivity (Wildman–Crippen MR) is 241 cm³/mol. The molecule has 0 bridgehead atoms. The van der Waals surface area contributed by atoms with Crippen LogP contribution in [0.5, 0.6) is 5.75 Å². The van der Waals surface area contributed by atoms with Gasteiger partial charge in [-0.25, -0.2) is 18.2 Å². The van der Waals surface area contributed by atoms with Crippen LogP contribution in [0.25, 0.3) is 21.8 Å². The summed E-state index contributed by atoms with van der Waals surface area (Å²) in [5.74, 6) is -3.44. The molecule has 3 saturated heterocycles. The molecule has 65 heavy (non-hydrogen) atoms. The van der Waals surface area contributed by atoms with E-state index in [0.717, 1.165) is 58.4 Å². The van der Waals surface area contributed by atoms with Crippen molar-refractivity contribution in [3.05, 3.63) is 63.4 Å². The number of alkyl halides is 2. The molecule has 4 aliphatic heterocycles. The maximum Gasteiger partial charge on any atom is 0.301 e. The molecule has 3 N–H and O–H groups in total. The lowest BCUT2D eigenvalue weighted by Crippen LogP contribution is -2.58. The summed E-state index contributed by atoms with van der Waals surface area (Å²) in [4.78, 5) is 53.8. The molecule has 2 amide bonds. The lowest BCUT2D eigenvalue weighted by molar-refractivity contribution is -0.134. The van der Waals surface area contributed by atoms with Crippen molar-refractivity contribution < 1.29 is 27.5 Å². The Balaban J connectivity index is 0.698. The number of nitrogens with zero attached hydrogens (tertiary/aromatic N) is 8. The van der Waals surface area contributed by atoms with E-state index in [4.69, 9.17) is 21.3 Å². The first-order valence-corrected chi connectivity index (χ1v) is 23.1. The number of piperidine rings is 1. The third-order valence-electron chi connectivity index (χ3n) is 14.9. The van der Waals surface area contributed by atoms with E-state index in [1.54, 1.807) is 44.6 Å². The fraction of sp³-hybridized carbons (Fsp3) is 0.522. The van der Waals surface area contributed by atoms with Crippen LogP contribution in [0.15, 0.2) is 41.3 Å².